The van der Waals surface area contributed by atoms with Crippen LogP contribution in [0.15, 0.2) is 77.3 Å². The average Bonchev–Trinajstić information content (AvgIpc) is 3.79. The van der Waals surface area contributed by atoms with Crippen molar-refractivity contribution in [2.24, 2.45) is 5.14 Å². The van der Waals surface area contributed by atoms with E-state index in [2.05, 4.69) is 20.6 Å². The number of thiazole rings is 1. The number of hydrogen-bond acceptors (Lipinski definition) is 12. The van der Waals surface area contributed by atoms with Crippen LogP contribution >= 0.6 is 11.3 Å². The van der Waals surface area contributed by atoms with Gasteiger partial charge in [0.05, 0.1) is 22.0 Å². The fraction of sp³-hybridized carbons (Fsp3) is 0.303. The number of nitrogens with two attached hydrogens (primary N) is 1. The number of sulfonamides is 1. The molecule has 21 heteroatoms. The number of aliphatic hydroxyl groups excluding tert-OH is 2. The molecule has 2 heterocycles. The molecule has 0 fully saturated rings. The maximum Gasteiger partial charge on any atom is 0.416 e. The second-order valence-electron chi connectivity index (χ2n) is 11.9. The number of carboxylic acid groups (broad SMARTS) is 1. The number of aliphatic hydroxyl groups is 2. The first-order chi connectivity index (χ1) is 25.5. The van der Waals surface area contributed by atoms with Gasteiger partial charge in [0.1, 0.15) is 61.4 Å². The number of aromatic nitrogens is 4. The molecule has 0 aliphatic carbocycles. The van der Waals surface area contributed by atoms with Crippen molar-refractivity contribution < 1.29 is 60.4 Å². The van der Waals surface area contributed by atoms with Crippen LogP contribution in [-0.2, 0) is 45.2 Å². The number of alkyl halides is 4. The number of halogens is 4. The first kappa shape index (κ1) is 40.0. The number of hydrogen-bond donors (Lipinski definition) is 5. The Bertz CT molecular complexity index is 2180. The quantitative estimate of drug-likeness (QED) is 0.0856. The lowest BCUT2D eigenvalue weighted by atomic mass is 10.0. The zero-order valence-electron chi connectivity index (χ0n) is 27.8. The summed E-state index contributed by atoms with van der Waals surface area (Å²) in [7, 11) is -4.01. The minimum Gasteiger partial charge on any atom is -0.491 e. The van der Waals surface area contributed by atoms with Crippen LogP contribution in [0.2, 0.25) is 0 Å². The van der Waals surface area contributed by atoms with Gasteiger partial charge in [-0.2, -0.15) is 13.2 Å². The molecule has 0 saturated carbocycles. The highest BCUT2D eigenvalue weighted by atomic mass is 32.2. The van der Waals surface area contributed by atoms with Crippen LogP contribution in [0.3, 0.4) is 0 Å². The molecule has 3 aromatic carbocycles. The van der Waals surface area contributed by atoms with E-state index in [9.17, 15) is 50.9 Å². The van der Waals surface area contributed by atoms with Crippen molar-refractivity contribution >= 4 is 43.5 Å². The topological polar surface area (TPSA) is 229 Å². The zero-order valence-corrected chi connectivity index (χ0v) is 29.4. The maximum absolute atomic E-state index is 13.8. The lowest BCUT2D eigenvalue weighted by Gasteiger charge is -2.21. The molecule has 6 N–H and O–H groups in total. The van der Waals surface area contributed by atoms with Gasteiger partial charge in [-0.15, -0.1) is 16.4 Å². The van der Waals surface area contributed by atoms with Gasteiger partial charge in [-0.05, 0) is 53.6 Å². The smallest absolute Gasteiger partial charge is 0.416 e. The highest BCUT2D eigenvalue weighted by Crippen LogP contribution is 2.30. The summed E-state index contributed by atoms with van der Waals surface area (Å²) in [4.78, 5) is 29.9. The van der Waals surface area contributed by atoms with Gasteiger partial charge in [0.2, 0.25) is 10.2 Å². The maximum atomic E-state index is 13.8. The first-order valence-electron chi connectivity index (χ1n) is 15.8. The molecule has 0 bridgehead atoms. The number of carbonyl (C=O) groups excluding carboxylic acids is 1. The predicted molar refractivity (Wildman–Crippen MR) is 183 cm³/mol. The van der Waals surface area contributed by atoms with Crippen molar-refractivity contribution in [3.05, 3.63) is 95.3 Å². The minimum absolute atomic E-state index is 0.0694. The van der Waals surface area contributed by atoms with E-state index in [0.717, 1.165) is 35.6 Å². The van der Waals surface area contributed by atoms with Gasteiger partial charge in [0, 0.05) is 12.8 Å². The fourth-order valence-electron chi connectivity index (χ4n) is 4.96. The molecule has 5 aromatic rings. The summed E-state index contributed by atoms with van der Waals surface area (Å²) in [6.07, 6.45) is -6.69. The van der Waals surface area contributed by atoms with Crippen LogP contribution in [0.5, 0.6) is 11.5 Å². The largest absolute Gasteiger partial charge is 0.491 e. The molecular formula is C33H32F4N6O9S2. The van der Waals surface area contributed by atoms with Crippen molar-refractivity contribution in [3.8, 4) is 11.5 Å². The average molecular weight is 797 g/mol. The van der Waals surface area contributed by atoms with Crippen molar-refractivity contribution in [1.82, 2.24) is 25.3 Å². The number of nitrogens with zero attached hydrogens (tertiary/aromatic N) is 4. The van der Waals surface area contributed by atoms with Crippen molar-refractivity contribution in [2.45, 2.75) is 54.3 Å². The number of benzene rings is 3. The van der Waals surface area contributed by atoms with E-state index in [1.807, 2.05) is 0 Å². The summed E-state index contributed by atoms with van der Waals surface area (Å²) in [5.74, 6) is -1.66. The number of fused-ring (bicyclic) bond motifs is 1. The van der Waals surface area contributed by atoms with Crippen molar-refractivity contribution in [3.63, 3.8) is 0 Å². The Labute approximate surface area is 308 Å². The van der Waals surface area contributed by atoms with E-state index in [-0.39, 0.29) is 40.8 Å². The predicted octanol–water partition coefficient (Wildman–Crippen LogP) is 2.80. The number of primary sulfonamides is 1. The van der Waals surface area contributed by atoms with E-state index in [4.69, 9.17) is 14.6 Å². The summed E-state index contributed by atoms with van der Waals surface area (Å²) in [6, 6.07) is 11.9. The Morgan fingerprint density at radius 3 is 2.22 bits per heavy atom. The number of carboxylic acids is 1. The molecule has 0 saturated heterocycles. The monoisotopic (exact) mass is 796 g/mol. The summed E-state index contributed by atoms with van der Waals surface area (Å²) >= 11 is 0.857. The summed E-state index contributed by atoms with van der Waals surface area (Å²) in [5, 5.41) is 44.8. The van der Waals surface area contributed by atoms with Crippen LogP contribution in [0, 0.1) is 0 Å². The normalized spacial score (nSPS) is 14.3. The first-order valence-corrected chi connectivity index (χ1v) is 18.2. The Balaban J connectivity index is 1.33. The van der Waals surface area contributed by atoms with Gasteiger partial charge in [-0.1, -0.05) is 29.5 Å². The molecule has 0 aliphatic rings. The van der Waals surface area contributed by atoms with Gasteiger partial charge >= 0.3 is 12.1 Å². The van der Waals surface area contributed by atoms with Gasteiger partial charge in [0.15, 0.2) is 0 Å². The Morgan fingerprint density at radius 2 is 1.59 bits per heavy atom. The number of aliphatic carboxylic acids is 1. The third-order valence-electron chi connectivity index (χ3n) is 7.86. The van der Waals surface area contributed by atoms with Crippen LogP contribution in [-0.4, -0.2) is 87.1 Å². The molecular weight excluding hydrogens is 765 g/mol. The number of carbonyl (C=O) groups is 2. The second-order valence-corrected chi connectivity index (χ2v) is 14.7. The Kier molecular flexibility index (Phi) is 12.5. The number of amides is 1. The molecule has 288 valence electrons. The number of rotatable bonds is 17. The summed E-state index contributed by atoms with van der Waals surface area (Å²) < 4.78 is 87.7. The van der Waals surface area contributed by atoms with Crippen LogP contribution in [0.4, 0.5) is 17.6 Å². The third-order valence-corrected chi connectivity index (χ3v) is 10.2. The van der Waals surface area contributed by atoms with Crippen LogP contribution < -0.4 is 19.9 Å². The molecule has 0 radical (unpaired) electrons. The summed E-state index contributed by atoms with van der Waals surface area (Å²) in [5.41, 5.74) is 0.483. The molecule has 1 amide bonds. The minimum atomic E-state index is -4.59. The standard InChI is InChI=1S/C33H32F4N6O9S2/c34-14-27(44)28(45)17-52-22-7-3-19(4-8-22)12-26(30(46)39-25(31(47)48)11-18-1-5-20(6-2-18)33(35,36)37)43-15-21(41-42-43)16-51-23-9-10-24-29(13-23)53-32(40-24)54(38,49)50/h1-10,13,15,25-28,44-45H,11-12,14,16-17H2,(H,39,46)(H,47,48)(H2,38,49,50)/t25-,26-,27-,28-/m0/s1. The molecule has 2 aromatic heterocycles. The fourth-order valence-corrected chi connectivity index (χ4v) is 6.65. The van der Waals surface area contributed by atoms with Gasteiger partial charge in [0.25, 0.3) is 10.0 Å². The molecule has 0 spiro atoms. The number of nitrogens with one attached hydrogen (secondary N) is 1. The zero-order chi connectivity index (χ0) is 39.2. The molecule has 4 atom stereocenters. The molecule has 0 aliphatic heterocycles. The second kappa shape index (κ2) is 16.8. The summed E-state index contributed by atoms with van der Waals surface area (Å²) in [6.45, 7) is -1.71. The van der Waals surface area contributed by atoms with E-state index in [1.54, 1.807) is 30.3 Å². The lowest BCUT2D eigenvalue weighted by molar-refractivity contribution is -0.142. The molecule has 15 nitrogen and oxygen atoms in total. The SMILES string of the molecule is NS(=O)(=O)c1nc2ccc(OCc3cn([C@@H](Cc4ccc(OC[C@H](O)[C@@H](O)CF)cc4)C(=O)N[C@@H](Cc4ccc(C(F)(F)F)cc4)C(=O)O)nn3)cc2s1. The van der Waals surface area contributed by atoms with Gasteiger partial charge < -0.3 is 30.1 Å². The molecule has 0 unspecified atom stereocenters. The molecule has 5 rings (SSSR count). The highest BCUT2D eigenvalue weighted by molar-refractivity contribution is 7.91. The Hall–Kier alpha value is -5.22. The van der Waals surface area contributed by atoms with Crippen molar-refractivity contribution in [1.29, 1.82) is 0 Å². The lowest BCUT2D eigenvalue weighted by Crippen LogP contribution is -2.46. The van der Waals surface area contributed by atoms with E-state index >= 15 is 0 Å². The van der Waals surface area contributed by atoms with E-state index < -0.39 is 71.2 Å². The van der Waals surface area contributed by atoms with E-state index in [1.165, 1.54) is 23.0 Å². The highest BCUT2D eigenvalue weighted by Gasteiger charge is 2.31. The van der Waals surface area contributed by atoms with Gasteiger partial charge in [-0.3, -0.25) is 4.79 Å². The van der Waals surface area contributed by atoms with Gasteiger partial charge in [-0.25, -0.2) is 32.4 Å². The Morgan fingerprint density at radius 1 is 0.944 bits per heavy atom. The molecule has 54 heavy (non-hydrogen) atoms. The van der Waals surface area contributed by atoms with Crippen LogP contribution in [0.25, 0.3) is 10.2 Å². The number of ether oxygens (including phenoxy) is 2. The van der Waals surface area contributed by atoms with Crippen LogP contribution in [0.1, 0.15) is 28.4 Å². The third kappa shape index (κ3) is 10.5. The van der Waals surface area contributed by atoms with E-state index in [0.29, 0.717) is 21.5 Å². The van der Waals surface area contributed by atoms with Crippen molar-refractivity contribution in [2.75, 3.05) is 13.3 Å².